The first kappa shape index (κ1) is 18.5. The van der Waals surface area contributed by atoms with Gasteiger partial charge in [0.15, 0.2) is 0 Å². The van der Waals surface area contributed by atoms with E-state index in [9.17, 15) is 9.59 Å². The summed E-state index contributed by atoms with van der Waals surface area (Å²) in [6.45, 7) is 3.50. The lowest BCUT2D eigenvalue weighted by atomic mass is 9.93. The Hall–Kier alpha value is -2.89. The number of hydrogen-bond donors (Lipinski definition) is 0. The normalized spacial score (nSPS) is 20.3. The van der Waals surface area contributed by atoms with Crippen molar-refractivity contribution in [1.82, 2.24) is 9.88 Å². The van der Waals surface area contributed by atoms with Crippen molar-refractivity contribution in [3.63, 3.8) is 0 Å². The Balaban J connectivity index is 1.51. The number of amides is 2. The second-order valence-corrected chi connectivity index (χ2v) is 7.49. The monoisotopic (exact) mass is 379 g/mol. The first-order valence-electron chi connectivity index (χ1n) is 9.84. The zero-order chi connectivity index (χ0) is 19.5. The number of anilines is 1. The van der Waals surface area contributed by atoms with Crippen LogP contribution in [0.5, 0.6) is 0 Å². The number of benzene rings is 1. The third-order valence-electron chi connectivity index (χ3n) is 5.64. The Labute approximate surface area is 165 Å². The molecule has 6 heteroatoms. The van der Waals surface area contributed by atoms with Crippen LogP contribution in [0, 0.1) is 0 Å². The van der Waals surface area contributed by atoms with E-state index in [4.69, 9.17) is 9.72 Å². The first-order chi connectivity index (χ1) is 13.6. The number of carbonyl (C=O) groups is 2. The molecule has 2 aliphatic heterocycles. The van der Waals surface area contributed by atoms with Crippen molar-refractivity contribution >= 4 is 17.8 Å². The average molecular weight is 379 g/mol. The van der Waals surface area contributed by atoms with Gasteiger partial charge < -0.3 is 9.64 Å². The van der Waals surface area contributed by atoms with Crippen molar-refractivity contribution < 1.29 is 14.3 Å². The Morgan fingerprint density at radius 1 is 1.11 bits per heavy atom. The number of likely N-dealkylation sites (tertiary alicyclic amines) is 1. The molecule has 146 valence electrons. The summed E-state index contributed by atoms with van der Waals surface area (Å²) in [5.74, 6) is 1.08. The maximum absolute atomic E-state index is 12.4. The summed E-state index contributed by atoms with van der Waals surface area (Å²) in [7, 11) is 0. The molecule has 0 N–H and O–H groups in total. The molecule has 2 saturated heterocycles. The van der Waals surface area contributed by atoms with Gasteiger partial charge in [-0.05, 0) is 37.0 Å². The topological polar surface area (TPSA) is 62.7 Å². The highest BCUT2D eigenvalue weighted by molar-refractivity contribution is 5.89. The summed E-state index contributed by atoms with van der Waals surface area (Å²) in [4.78, 5) is 32.3. The molecule has 3 heterocycles. The van der Waals surface area contributed by atoms with Crippen LogP contribution in [0.15, 0.2) is 48.5 Å². The molecule has 0 bridgehead atoms. The fourth-order valence-corrected chi connectivity index (χ4v) is 4.07. The zero-order valence-corrected chi connectivity index (χ0v) is 16.1. The van der Waals surface area contributed by atoms with Crippen molar-refractivity contribution in [2.45, 2.75) is 38.1 Å². The van der Waals surface area contributed by atoms with Gasteiger partial charge >= 0.3 is 6.09 Å². The predicted octanol–water partition coefficient (Wildman–Crippen LogP) is 3.38. The van der Waals surface area contributed by atoms with Gasteiger partial charge in [-0.2, -0.15) is 0 Å². The van der Waals surface area contributed by atoms with Crippen LogP contribution in [0.25, 0.3) is 0 Å². The summed E-state index contributed by atoms with van der Waals surface area (Å²) in [5.41, 5.74) is 2.16. The van der Waals surface area contributed by atoms with Gasteiger partial charge in [0, 0.05) is 31.6 Å². The number of ether oxygens (including phenoxy) is 1. The molecule has 0 unspecified atom stereocenters. The van der Waals surface area contributed by atoms with Crippen LogP contribution in [0.3, 0.4) is 0 Å². The Morgan fingerprint density at radius 2 is 1.86 bits per heavy atom. The molecule has 0 spiro atoms. The van der Waals surface area contributed by atoms with Gasteiger partial charge in [-0.15, -0.1) is 0 Å². The largest absolute Gasteiger partial charge is 0.447 e. The van der Waals surface area contributed by atoms with Crippen molar-refractivity contribution in [3.05, 3.63) is 59.8 Å². The van der Waals surface area contributed by atoms with Gasteiger partial charge in [0.2, 0.25) is 5.91 Å². The second-order valence-electron chi connectivity index (χ2n) is 7.49. The third-order valence-corrected chi connectivity index (χ3v) is 5.64. The van der Waals surface area contributed by atoms with E-state index in [1.165, 1.54) is 5.56 Å². The van der Waals surface area contributed by atoms with Crippen LogP contribution in [-0.2, 0) is 16.0 Å². The van der Waals surface area contributed by atoms with Gasteiger partial charge in [0.05, 0.1) is 6.04 Å². The number of carbonyl (C=O) groups excluding carboxylic acids is 2. The number of hydrogen-bond acceptors (Lipinski definition) is 4. The minimum absolute atomic E-state index is 0.0581. The number of piperidine rings is 1. The minimum atomic E-state index is -0.336. The molecule has 1 atom stereocenters. The molecule has 2 amide bonds. The molecule has 6 nitrogen and oxygen atoms in total. The van der Waals surface area contributed by atoms with E-state index in [2.05, 4.69) is 12.1 Å². The van der Waals surface area contributed by atoms with E-state index in [1.54, 1.807) is 11.8 Å². The van der Waals surface area contributed by atoms with E-state index in [-0.39, 0.29) is 18.0 Å². The summed E-state index contributed by atoms with van der Waals surface area (Å²) in [6.07, 6.45) is 2.19. The molecule has 0 aliphatic carbocycles. The molecule has 0 saturated carbocycles. The predicted molar refractivity (Wildman–Crippen MR) is 106 cm³/mol. The SMILES string of the molecule is CC(=O)N1CCC(c2cccc(N3C(=O)OC[C@@H]3Cc3ccccc3)n2)CC1. The smallest absolute Gasteiger partial charge is 0.415 e. The lowest BCUT2D eigenvalue weighted by Gasteiger charge is -2.31. The van der Waals surface area contributed by atoms with Gasteiger partial charge in [0.25, 0.3) is 0 Å². The highest BCUT2D eigenvalue weighted by Crippen LogP contribution is 2.30. The molecule has 1 aromatic carbocycles. The highest BCUT2D eigenvalue weighted by Gasteiger charge is 2.35. The van der Waals surface area contributed by atoms with Crippen LogP contribution in [0.1, 0.15) is 36.9 Å². The first-order valence-corrected chi connectivity index (χ1v) is 9.84. The van der Waals surface area contributed by atoms with Gasteiger partial charge in [-0.1, -0.05) is 36.4 Å². The molecular weight excluding hydrogens is 354 g/mol. The molecule has 28 heavy (non-hydrogen) atoms. The van der Waals surface area contributed by atoms with Crippen LogP contribution >= 0.6 is 0 Å². The van der Waals surface area contributed by atoms with E-state index >= 15 is 0 Å². The molecule has 2 aromatic rings. The van der Waals surface area contributed by atoms with Crippen molar-refractivity contribution in [3.8, 4) is 0 Å². The van der Waals surface area contributed by atoms with Gasteiger partial charge in [-0.3, -0.25) is 9.69 Å². The van der Waals surface area contributed by atoms with Crippen LogP contribution in [-0.4, -0.2) is 47.6 Å². The number of pyridine rings is 1. The molecule has 4 rings (SSSR count). The fraction of sp³-hybridized carbons (Fsp3) is 0.409. The maximum Gasteiger partial charge on any atom is 0.415 e. The Morgan fingerprint density at radius 3 is 2.57 bits per heavy atom. The molecule has 2 fully saturated rings. The quantitative estimate of drug-likeness (QED) is 0.817. The van der Waals surface area contributed by atoms with Gasteiger partial charge in [-0.25, -0.2) is 9.78 Å². The average Bonchev–Trinajstić information content (AvgIpc) is 3.09. The van der Waals surface area contributed by atoms with E-state index < -0.39 is 0 Å². The van der Waals surface area contributed by atoms with Crippen molar-refractivity contribution in [1.29, 1.82) is 0 Å². The van der Waals surface area contributed by atoms with Crippen molar-refractivity contribution in [2.24, 2.45) is 0 Å². The molecule has 2 aliphatic rings. The van der Waals surface area contributed by atoms with E-state index in [1.807, 2.05) is 41.3 Å². The van der Waals surface area contributed by atoms with Crippen LogP contribution < -0.4 is 4.90 Å². The summed E-state index contributed by atoms with van der Waals surface area (Å²) in [6, 6.07) is 15.9. The van der Waals surface area contributed by atoms with E-state index in [0.29, 0.717) is 18.3 Å². The zero-order valence-electron chi connectivity index (χ0n) is 16.1. The fourth-order valence-electron chi connectivity index (χ4n) is 4.07. The standard InChI is InChI=1S/C22H25N3O3/c1-16(26)24-12-10-18(11-13-24)20-8-5-9-21(23-20)25-19(15-28-22(25)27)14-17-6-3-2-4-7-17/h2-9,18-19H,10-15H2,1H3/t19-/m0/s1. The van der Waals surface area contributed by atoms with E-state index in [0.717, 1.165) is 38.0 Å². The molecular formula is C22H25N3O3. The lowest BCUT2D eigenvalue weighted by Crippen LogP contribution is -2.37. The Kier molecular flexibility index (Phi) is 5.28. The number of cyclic esters (lactones) is 1. The summed E-state index contributed by atoms with van der Waals surface area (Å²) < 4.78 is 5.33. The Bertz CT molecular complexity index is 847. The van der Waals surface area contributed by atoms with Crippen LogP contribution in [0.2, 0.25) is 0 Å². The lowest BCUT2D eigenvalue weighted by molar-refractivity contribution is -0.129. The summed E-state index contributed by atoms with van der Waals surface area (Å²) >= 11 is 0. The molecule has 1 aromatic heterocycles. The minimum Gasteiger partial charge on any atom is -0.447 e. The molecule has 0 radical (unpaired) electrons. The number of rotatable bonds is 4. The summed E-state index contributed by atoms with van der Waals surface area (Å²) in [5, 5.41) is 0. The second kappa shape index (κ2) is 8.00. The maximum atomic E-state index is 12.4. The third kappa shape index (κ3) is 3.86. The van der Waals surface area contributed by atoms with Gasteiger partial charge in [0.1, 0.15) is 12.4 Å². The number of nitrogens with zero attached hydrogens (tertiary/aromatic N) is 3. The van der Waals surface area contributed by atoms with Crippen LogP contribution in [0.4, 0.5) is 10.6 Å². The highest BCUT2D eigenvalue weighted by atomic mass is 16.6. The van der Waals surface area contributed by atoms with Crippen molar-refractivity contribution in [2.75, 3.05) is 24.6 Å². The number of aromatic nitrogens is 1.